The Hall–Kier alpha value is -2.31. The summed E-state index contributed by atoms with van der Waals surface area (Å²) in [5.41, 5.74) is 2.90. The molecule has 0 saturated heterocycles. The Kier molecular flexibility index (Phi) is 7.45. The zero-order valence-electron chi connectivity index (χ0n) is 19.2. The summed E-state index contributed by atoms with van der Waals surface area (Å²) in [5, 5.41) is 17.2. The maximum absolute atomic E-state index is 13.6. The summed E-state index contributed by atoms with van der Waals surface area (Å²) >= 11 is 0. The first-order chi connectivity index (χ1) is 15.8. The predicted molar refractivity (Wildman–Crippen MR) is 125 cm³/mol. The molecular formula is C27H34F2N2O2. The number of rotatable bonds is 9. The van der Waals surface area contributed by atoms with Gasteiger partial charge in [0.2, 0.25) is 5.91 Å². The molecule has 2 atom stereocenters. The minimum absolute atomic E-state index is 0.140. The van der Waals surface area contributed by atoms with Crippen molar-refractivity contribution in [1.82, 2.24) is 10.6 Å². The van der Waals surface area contributed by atoms with Crippen LogP contribution in [0.4, 0.5) is 8.78 Å². The number of amides is 1. The second kappa shape index (κ2) is 10.3. The standard InChI is InChI=1S/C27H34F2N2O2/c1-18(32)31-25(14-19-12-23(28)16-24(29)13-19)26(33)17-30-27(10-11-27)22-9-5-8-21(15-22)20-6-3-2-4-7-20/h5,8-9,12-13,15-16,20,25-26,30,33H,2-4,6-7,10-11,14,17H2,1H3,(H,31,32). The van der Waals surface area contributed by atoms with E-state index in [9.17, 15) is 18.7 Å². The lowest BCUT2D eigenvalue weighted by Gasteiger charge is -2.28. The van der Waals surface area contributed by atoms with Crippen LogP contribution in [0.5, 0.6) is 0 Å². The first-order valence-electron chi connectivity index (χ1n) is 12.1. The van der Waals surface area contributed by atoms with Crippen molar-refractivity contribution in [3.05, 3.63) is 70.8 Å². The Morgan fingerprint density at radius 2 is 1.79 bits per heavy atom. The van der Waals surface area contributed by atoms with Crippen molar-refractivity contribution in [2.75, 3.05) is 6.54 Å². The first kappa shape index (κ1) is 23.8. The van der Waals surface area contributed by atoms with Gasteiger partial charge in [0.15, 0.2) is 0 Å². The van der Waals surface area contributed by atoms with E-state index < -0.39 is 23.8 Å². The van der Waals surface area contributed by atoms with Crippen molar-refractivity contribution in [3.8, 4) is 0 Å². The third-order valence-corrected chi connectivity index (χ3v) is 7.15. The average molecular weight is 457 g/mol. The molecule has 0 bridgehead atoms. The minimum atomic E-state index is -0.903. The van der Waals surface area contributed by atoms with Gasteiger partial charge in [-0.3, -0.25) is 4.79 Å². The highest BCUT2D eigenvalue weighted by Crippen LogP contribution is 2.46. The van der Waals surface area contributed by atoms with Crippen LogP contribution >= 0.6 is 0 Å². The van der Waals surface area contributed by atoms with Gasteiger partial charge in [-0.05, 0) is 66.8 Å². The van der Waals surface area contributed by atoms with Crippen LogP contribution in [0.25, 0.3) is 0 Å². The molecule has 2 aliphatic carbocycles. The molecule has 0 aliphatic heterocycles. The molecule has 2 aromatic rings. The lowest BCUT2D eigenvalue weighted by Crippen LogP contribution is -2.49. The van der Waals surface area contributed by atoms with Crippen LogP contribution in [0.2, 0.25) is 0 Å². The summed E-state index contributed by atoms with van der Waals surface area (Å²) in [6.45, 7) is 1.65. The molecule has 3 N–H and O–H groups in total. The van der Waals surface area contributed by atoms with Gasteiger partial charge in [0, 0.05) is 25.1 Å². The van der Waals surface area contributed by atoms with Crippen LogP contribution in [0, 0.1) is 11.6 Å². The van der Waals surface area contributed by atoms with Gasteiger partial charge >= 0.3 is 0 Å². The molecule has 2 aromatic carbocycles. The summed E-state index contributed by atoms with van der Waals surface area (Å²) in [5.74, 6) is -1.00. The largest absolute Gasteiger partial charge is 0.390 e. The monoisotopic (exact) mass is 456 g/mol. The smallest absolute Gasteiger partial charge is 0.217 e. The van der Waals surface area contributed by atoms with E-state index in [4.69, 9.17) is 0 Å². The van der Waals surface area contributed by atoms with Crippen molar-refractivity contribution in [1.29, 1.82) is 0 Å². The van der Waals surface area contributed by atoms with Gasteiger partial charge in [0.05, 0.1) is 12.1 Å². The van der Waals surface area contributed by atoms with Crippen molar-refractivity contribution in [2.24, 2.45) is 0 Å². The minimum Gasteiger partial charge on any atom is -0.390 e. The number of aliphatic hydroxyl groups excluding tert-OH is 1. The molecule has 4 nitrogen and oxygen atoms in total. The quantitative estimate of drug-likeness (QED) is 0.513. The van der Waals surface area contributed by atoms with Gasteiger partial charge in [-0.15, -0.1) is 0 Å². The van der Waals surface area contributed by atoms with Crippen LogP contribution in [0.15, 0.2) is 42.5 Å². The highest BCUT2D eigenvalue weighted by Gasteiger charge is 2.44. The van der Waals surface area contributed by atoms with Crippen LogP contribution in [0.3, 0.4) is 0 Å². The summed E-state index contributed by atoms with van der Waals surface area (Å²) in [4.78, 5) is 11.7. The summed E-state index contributed by atoms with van der Waals surface area (Å²) in [7, 11) is 0. The average Bonchev–Trinajstić information content (AvgIpc) is 3.58. The van der Waals surface area contributed by atoms with E-state index in [0.29, 0.717) is 11.5 Å². The van der Waals surface area contributed by atoms with E-state index in [1.54, 1.807) is 0 Å². The molecule has 2 saturated carbocycles. The van der Waals surface area contributed by atoms with E-state index in [1.165, 1.54) is 62.3 Å². The first-order valence-corrected chi connectivity index (χ1v) is 12.1. The second-order valence-electron chi connectivity index (χ2n) is 9.78. The lowest BCUT2D eigenvalue weighted by molar-refractivity contribution is -0.120. The van der Waals surface area contributed by atoms with Crippen LogP contribution in [-0.2, 0) is 16.8 Å². The van der Waals surface area contributed by atoms with Gasteiger partial charge in [-0.2, -0.15) is 0 Å². The fraction of sp³-hybridized carbons (Fsp3) is 0.519. The number of hydrogen-bond acceptors (Lipinski definition) is 3. The number of hydrogen-bond donors (Lipinski definition) is 3. The van der Waals surface area contributed by atoms with E-state index in [2.05, 4.69) is 34.9 Å². The summed E-state index contributed by atoms with van der Waals surface area (Å²) < 4.78 is 27.2. The van der Waals surface area contributed by atoms with Crippen molar-refractivity contribution in [2.45, 2.75) is 81.9 Å². The van der Waals surface area contributed by atoms with Gasteiger partial charge in [0.1, 0.15) is 11.6 Å². The zero-order chi connectivity index (χ0) is 23.4. The Balaban J connectivity index is 1.42. The normalized spacial score (nSPS) is 19.6. The van der Waals surface area contributed by atoms with Crippen molar-refractivity contribution in [3.63, 3.8) is 0 Å². The van der Waals surface area contributed by atoms with E-state index >= 15 is 0 Å². The molecule has 178 valence electrons. The fourth-order valence-corrected chi connectivity index (χ4v) is 5.19. The predicted octanol–water partition coefficient (Wildman–Crippen LogP) is 4.70. The van der Waals surface area contributed by atoms with Crippen molar-refractivity contribution < 1.29 is 18.7 Å². The van der Waals surface area contributed by atoms with Gasteiger partial charge in [-0.1, -0.05) is 43.5 Å². The molecule has 1 amide bonds. The molecule has 2 unspecified atom stereocenters. The highest BCUT2D eigenvalue weighted by atomic mass is 19.1. The summed E-state index contributed by atoms with van der Waals surface area (Å²) in [6, 6.07) is 11.5. The fourth-order valence-electron chi connectivity index (χ4n) is 5.19. The van der Waals surface area contributed by atoms with Crippen molar-refractivity contribution >= 4 is 5.91 Å². The Morgan fingerprint density at radius 1 is 1.09 bits per heavy atom. The van der Waals surface area contributed by atoms with E-state index in [1.807, 2.05) is 0 Å². The lowest BCUT2D eigenvalue weighted by atomic mass is 9.83. The third kappa shape index (κ3) is 6.18. The highest BCUT2D eigenvalue weighted by molar-refractivity contribution is 5.73. The molecule has 0 heterocycles. The third-order valence-electron chi connectivity index (χ3n) is 7.15. The Morgan fingerprint density at radius 3 is 2.42 bits per heavy atom. The number of carbonyl (C=O) groups is 1. The number of halogens is 2. The Labute approximate surface area is 194 Å². The van der Waals surface area contributed by atoms with Crippen LogP contribution in [-0.4, -0.2) is 29.7 Å². The number of carbonyl (C=O) groups excluding carboxylic acids is 1. The maximum Gasteiger partial charge on any atom is 0.217 e. The number of aliphatic hydroxyl groups is 1. The number of benzene rings is 2. The van der Waals surface area contributed by atoms with E-state index in [-0.39, 0.29) is 24.4 Å². The summed E-state index contributed by atoms with van der Waals surface area (Å²) in [6.07, 6.45) is 7.65. The SMILES string of the molecule is CC(=O)NC(Cc1cc(F)cc(F)c1)C(O)CNC1(c2cccc(C3CCCCC3)c2)CC1. The van der Waals surface area contributed by atoms with Crippen LogP contribution < -0.4 is 10.6 Å². The molecular weight excluding hydrogens is 422 g/mol. The molecule has 6 heteroatoms. The molecule has 0 aromatic heterocycles. The molecule has 2 fully saturated rings. The van der Waals surface area contributed by atoms with Gasteiger partial charge in [-0.25, -0.2) is 8.78 Å². The number of nitrogens with one attached hydrogen (secondary N) is 2. The van der Waals surface area contributed by atoms with E-state index in [0.717, 1.165) is 18.9 Å². The molecule has 0 radical (unpaired) electrons. The Bertz CT molecular complexity index is 950. The molecule has 33 heavy (non-hydrogen) atoms. The van der Waals surface area contributed by atoms with Gasteiger partial charge < -0.3 is 15.7 Å². The van der Waals surface area contributed by atoms with Gasteiger partial charge in [0.25, 0.3) is 0 Å². The maximum atomic E-state index is 13.6. The van der Waals surface area contributed by atoms with Crippen LogP contribution in [0.1, 0.15) is 74.5 Å². The topological polar surface area (TPSA) is 61.4 Å². The second-order valence-corrected chi connectivity index (χ2v) is 9.78. The zero-order valence-corrected chi connectivity index (χ0v) is 19.2. The molecule has 4 rings (SSSR count). The molecule has 2 aliphatic rings. The molecule has 0 spiro atoms.